The lowest BCUT2D eigenvalue weighted by molar-refractivity contribution is 0.283. The van der Waals surface area contributed by atoms with E-state index in [1.807, 2.05) is 41.1 Å². The molecule has 1 heterocycles. The van der Waals surface area contributed by atoms with Gasteiger partial charge in [0.1, 0.15) is 5.82 Å². The zero-order chi connectivity index (χ0) is 14.8. The normalized spacial score (nSPS) is 10.7. The number of aliphatic hydroxyl groups excluding tert-OH is 1. The van der Waals surface area contributed by atoms with Crippen LogP contribution >= 0.6 is 0 Å². The van der Waals surface area contributed by atoms with Gasteiger partial charge in [0.15, 0.2) is 0 Å². The number of nitriles is 1. The quantitative estimate of drug-likeness (QED) is 0.801. The fraction of sp³-hybridized carbons (Fsp3) is 0.118. The van der Waals surface area contributed by atoms with Crippen LogP contribution in [0.5, 0.6) is 0 Å². The van der Waals surface area contributed by atoms with Crippen molar-refractivity contribution in [3.8, 4) is 6.07 Å². The molecule has 0 saturated carbocycles. The number of nitrogens with zero attached hydrogens (tertiary/aromatic N) is 2. The van der Waals surface area contributed by atoms with Crippen LogP contribution in [0.4, 0.5) is 4.39 Å². The largest absolute Gasteiger partial charge is 0.392 e. The summed E-state index contributed by atoms with van der Waals surface area (Å²) in [5.74, 6) is -0.336. The van der Waals surface area contributed by atoms with E-state index in [-0.39, 0.29) is 12.4 Å². The number of benzene rings is 2. The number of aliphatic hydroxyl groups is 1. The van der Waals surface area contributed by atoms with Gasteiger partial charge in [0.05, 0.1) is 24.8 Å². The van der Waals surface area contributed by atoms with E-state index in [0.29, 0.717) is 17.7 Å². The molecule has 0 unspecified atom stereocenters. The molecule has 0 aliphatic heterocycles. The number of para-hydroxylation sites is 1. The molecule has 0 amide bonds. The average Bonchev–Trinajstić information content (AvgIpc) is 2.88. The van der Waals surface area contributed by atoms with Crippen LogP contribution in [0.1, 0.15) is 16.7 Å². The smallest absolute Gasteiger partial charge is 0.128 e. The molecule has 0 saturated heterocycles. The second-order valence-corrected chi connectivity index (χ2v) is 4.88. The molecule has 0 bridgehead atoms. The summed E-state index contributed by atoms with van der Waals surface area (Å²) < 4.78 is 15.8. The molecule has 104 valence electrons. The highest BCUT2D eigenvalue weighted by Crippen LogP contribution is 2.23. The summed E-state index contributed by atoms with van der Waals surface area (Å²) in [4.78, 5) is 0. The van der Waals surface area contributed by atoms with E-state index in [2.05, 4.69) is 0 Å². The maximum absolute atomic E-state index is 13.9. The minimum Gasteiger partial charge on any atom is -0.392 e. The first-order valence-electron chi connectivity index (χ1n) is 6.59. The molecule has 0 atom stereocenters. The van der Waals surface area contributed by atoms with Crippen LogP contribution in [0.3, 0.4) is 0 Å². The fourth-order valence-electron chi connectivity index (χ4n) is 2.53. The Bertz CT molecular complexity index is 846. The first-order chi connectivity index (χ1) is 10.2. The standard InChI is InChI=1S/C17H13FN2O/c18-16-6-5-12(8-19)7-13(16)9-20-10-14(11-21)15-3-1-2-4-17(15)20/h1-7,10,21H,9,11H2. The number of rotatable bonds is 3. The van der Waals surface area contributed by atoms with Crippen LogP contribution in [0, 0.1) is 17.1 Å². The second kappa shape index (κ2) is 5.39. The Hall–Kier alpha value is -2.64. The minimum absolute atomic E-state index is 0.0613. The van der Waals surface area contributed by atoms with E-state index in [9.17, 15) is 9.50 Å². The van der Waals surface area contributed by atoms with Crippen LogP contribution in [0.15, 0.2) is 48.7 Å². The molecule has 0 spiro atoms. The van der Waals surface area contributed by atoms with Gasteiger partial charge in [0, 0.05) is 28.2 Å². The molecule has 2 aromatic carbocycles. The van der Waals surface area contributed by atoms with E-state index in [1.54, 1.807) is 6.07 Å². The van der Waals surface area contributed by atoms with Crippen molar-refractivity contribution in [1.29, 1.82) is 5.26 Å². The molecule has 3 rings (SSSR count). The highest BCUT2D eigenvalue weighted by molar-refractivity contribution is 5.83. The summed E-state index contributed by atoms with van der Waals surface area (Å²) in [6.07, 6.45) is 1.82. The van der Waals surface area contributed by atoms with Gasteiger partial charge < -0.3 is 9.67 Å². The fourth-order valence-corrected chi connectivity index (χ4v) is 2.53. The maximum Gasteiger partial charge on any atom is 0.128 e. The Kier molecular flexibility index (Phi) is 3.43. The van der Waals surface area contributed by atoms with E-state index in [1.165, 1.54) is 12.1 Å². The molecule has 0 aliphatic carbocycles. The highest BCUT2D eigenvalue weighted by atomic mass is 19.1. The summed E-state index contributed by atoms with van der Waals surface area (Å²) in [6, 6.07) is 14.0. The lowest BCUT2D eigenvalue weighted by Gasteiger charge is -2.07. The number of fused-ring (bicyclic) bond motifs is 1. The van der Waals surface area contributed by atoms with Crippen molar-refractivity contribution in [2.24, 2.45) is 0 Å². The van der Waals surface area contributed by atoms with E-state index >= 15 is 0 Å². The van der Waals surface area contributed by atoms with E-state index < -0.39 is 0 Å². The summed E-state index contributed by atoms with van der Waals surface area (Å²) in [6.45, 7) is 0.260. The number of hydrogen-bond acceptors (Lipinski definition) is 2. The molecule has 3 nitrogen and oxygen atoms in total. The number of hydrogen-bond donors (Lipinski definition) is 1. The van der Waals surface area contributed by atoms with Crippen LogP contribution in [-0.4, -0.2) is 9.67 Å². The Morgan fingerprint density at radius 2 is 1.95 bits per heavy atom. The number of halogens is 1. The Morgan fingerprint density at radius 1 is 1.14 bits per heavy atom. The van der Waals surface area contributed by atoms with Crippen LogP contribution in [-0.2, 0) is 13.2 Å². The molecular weight excluding hydrogens is 267 g/mol. The summed E-state index contributed by atoms with van der Waals surface area (Å²) in [7, 11) is 0. The predicted octanol–water partition coefficient (Wildman–Crippen LogP) is 3.19. The molecule has 4 heteroatoms. The van der Waals surface area contributed by atoms with Crippen LogP contribution < -0.4 is 0 Å². The molecule has 0 fully saturated rings. The summed E-state index contributed by atoms with van der Waals surface area (Å²) in [5.41, 5.74) is 2.63. The van der Waals surface area contributed by atoms with Gasteiger partial charge in [-0.3, -0.25) is 0 Å². The van der Waals surface area contributed by atoms with Crippen molar-refractivity contribution in [2.45, 2.75) is 13.2 Å². The molecule has 0 radical (unpaired) electrons. The van der Waals surface area contributed by atoms with Crippen molar-refractivity contribution in [2.75, 3.05) is 0 Å². The Labute approximate surface area is 121 Å². The van der Waals surface area contributed by atoms with Gasteiger partial charge in [-0.1, -0.05) is 18.2 Å². The van der Waals surface area contributed by atoms with Crippen molar-refractivity contribution in [3.63, 3.8) is 0 Å². The van der Waals surface area contributed by atoms with Gasteiger partial charge in [-0.05, 0) is 24.3 Å². The molecular formula is C17H13FN2O. The predicted molar refractivity (Wildman–Crippen MR) is 78.1 cm³/mol. The lowest BCUT2D eigenvalue weighted by atomic mass is 10.1. The molecule has 21 heavy (non-hydrogen) atoms. The van der Waals surface area contributed by atoms with Gasteiger partial charge >= 0.3 is 0 Å². The molecule has 1 N–H and O–H groups in total. The maximum atomic E-state index is 13.9. The molecule has 1 aromatic heterocycles. The van der Waals surface area contributed by atoms with Crippen LogP contribution in [0.25, 0.3) is 10.9 Å². The first kappa shape index (κ1) is 13.3. The first-order valence-corrected chi connectivity index (χ1v) is 6.59. The SMILES string of the molecule is N#Cc1ccc(F)c(Cn2cc(CO)c3ccccc32)c1. The highest BCUT2D eigenvalue weighted by Gasteiger charge is 2.10. The average molecular weight is 280 g/mol. The van der Waals surface area contributed by atoms with Gasteiger partial charge in [-0.15, -0.1) is 0 Å². The van der Waals surface area contributed by atoms with Gasteiger partial charge in [0.25, 0.3) is 0 Å². The van der Waals surface area contributed by atoms with Gasteiger partial charge in [0.2, 0.25) is 0 Å². The van der Waals surface area contributed by atoms with Gasteiger partial charge in [-0.2, -0.15) is 5.26 Å². The van der Waals surface area contributed by atoms with E-state index in [4.69, 9.17) is 5.26 Å². The van der Waals surface area contributed by atoms with E-state index in [0.717, 1.165) is 16.5 Å². The zero-order valence-corrected chi connectivity index (χ0v) is 11.3. The van der Waals surface area contributed by atoms with Crippen LogP contribution in [0.2, 0.25) is 0 Å². The Morgan fingerprint density at radius 3 is 2.71 bits per heavy atom. The third-order valence-corrected chi connectivity index (χ3v) is 3.56. The Balaban J connectivity index is 2.08. The van der Waals surface area contributed by atoms with Crippen molar-refractivity contribution >= 4 is 10.9 Å². The third kappa shape index (κ3) is 2.39. The summed E-state index contributed by atoms with van der Waals surface area (Å²) >= 11 is 0. The second-order valence-electron chi connectivity index (χ2n) is 4.88. The zero-order valence-electron chi connectivity index (χ0n) is 11.3. The van der Waals surface area contributed by atoms with Crippen molar-refractivity contribution in [3.05, 3.63) is 71.2 Å². The lowest BCUT2D eigenvalue weighted by Crippen LogP contribution is -2.01. The van der Waals surface area contributed by atoms with Crippen molar-refractivity contribution in [1.82, 2.24) is 4.57 Å². The number of aromatic nitrogens is 1. The summed E-state index contributed by atoms with van der Waals surface area (Å²) in [5, 5.41) is 19.3. The van der Waals surface area contributed by atoms with Gasteiger partial charge in [-0.25, -0.2) is 4.39 Å². The third-order valence-electron chi connectivity index (χ3n) is 3.56. The monoisotopic (exact) mass is 280 g/mol. The minimum atomic E-state index is -0.336. The van der Waals surface area contributed by atoms with Crippen molar-refractivity contribution < 1.29 is 9.50 Å². The molecule has 3 aromatic rings. The molecule has 0 aliphatic rings. The topological polar surface area (TPSA) is 49.0 Å².